The van der Waals surface area contributed by atoms with Crippen LogP contribution in [0, 0.1) is 0 Å². The summed E-state index contributed by atoms with van der Waals surface area (Å²) in [6.07, 6.45) is 0.812. The molecule has 0 spiro atoms. The highest BCUT2D eigenvalue weighted by Gasteiger charge is 2.28. The maximum absolute atomic E-state index is 11.7. The Morgan fingerprint density at radius 3 is 2.82 bits per heavy atom. The topological polar surface area (TPSA) is 67.6 Å². The molecule has 1 atom stereocenters. The molecule has 1 fully saturated rings. The summed E-state index contributed by atoms with van der Waals surface area (Å²) < 4.78 is 5.13. The summed E-state index contributed by atoms with van der Waals surface area (Å²) in [4.78, 5) is 13.5. The molecule has 0 bridgehead atoms. The predicted molar refractivity (Wildman–Crippen MR) is 67.1 cm³/mol. The van der Waals surface area contributed by atoms with E-state index in [2.05, 4.69) is 5.32 Å². The Kier molecular flexibility index (Phi) is 3.08. The zero-order valence-corrected chi connectivity index (χ0v) is 10.1. The lowest BCUT2D eigenvalue weighted by Crippen LogP contribution is -2.30. The lowest BCUT2D eigenvalue weighted by molar-refractivity contribution is -0.127. The third kappa shape index (κ3) is 2.43. The van der Waals surface area contributed by atoms with Crippen molar-refractivity contribution in [2.45, 2.75) is 12.5 Å². The first-order chi connectivity index (χ1) is 8.10. The molecular weight excluding hydrogens is 218 g/mol. The van der Waals surface area contributed by atoms with Gasteiger partial charge < -0.3 is 20.7 Å². The van der Waals surface area contributed by atoms with Crippen LogP contribution in [0.15, 0.2) is 18.2 Å². The van der Waals surface area contributed by atoms with Crippen LogP contribution in [0.4, 0.5) is 11.4 Å². The Hall–Kier alpha value is -1.91. The van der Waals surface area contributed by atoms with Crippen molar-refractivity contribution in [3.8, 4) is 5.75 Å². The SMILES string of the molecule is COc1cc(N)cc(NC2CCN(C)C2=O)c1. The van der Waals surface area contributed by atoms with Crippen LogP contribution in [0.1, 0.15) is 6.42 Å². The number of nitrogens with zero attached hydrogens (tertiary/aromatic N) is 1. The highest BCUT2D eigenvalue weighted by Crippen LogP contribution is 2.24. The Labute approximate surface area is 101 Å². The highest BCUT2D eigenvalue weighted by atomic mass is 16.5. The third-order valence-corrected chi connectivity index (χ3v) is 2.93. The van der Waals surface area contributed by atoms with E-state index in [1.165, 1.54) is 0 Å². The Morgan fingerprint density at radius 1 is 1.47 bits per heavy atom. The van der Waals surface area contributed by atoms with Gasteiger partial charge in [-0.3, -0.25) is 4.79 Å². The minimum atomic E-state index is -0.161. The number of likely N-dealkylation sites (tertiary alicyclic amines) is 1. The molecule has 1 heterocycles. The second-order valence-electron chi connectivity index (χ2n) is 4.24. The highest BCUT2D eigenvalue weighted by molar-refractivity contribution is 5.86. The average Bonchev–Trinajstić information content (AvgIpc) is 2.60. The van der Waals surface area contributed by atoms with E-state index in [9.17, 15) is 4.79 Å². The zero-order chi connectivity index (χ0) is 12.4. The fourth-order valence-corrected chi connectivity index (χ4v) is 1.98. The maximum atomic E-state index is 11.7. The van der Waals surface area contributed by atoms with E-state index < -0.39 is 0 Å². The zero-order valence-electron chi connectivity index (χ0n) is 10.1. The molecule has 1 amide bonds. The normalized spacial score (nSPS) is 19.5. The Morgan fingerprint density at radius 2 is 2.24 bits per heavy atom. The fraction of sp³-hybridized carbons (Fsp3) is 0.417. The molecule has 0 saturated carbocycles. The number of rotatable bonds is 3. The van der Waals surface area contributed by atoms with Crippen LogP contribution in [0.2, 0.25) is 0 Å². The molecule has 0 aromatic heterocycles. The molecule has 1 aliphatic heterocycles. The third-order valence-electron chi connectivity index (χ3n) is 2.93. The van der Waals surface area contributed by atoms with Gasteiger partial charge >= 0.3 is 0 Å². The van der Waals surface area contributed by atoms with Gasteiger partial charge in [0, 0.05) is 37.1 Å². The van der Waals surface area contributed by atoms with E-state index >= 15 is 0 Å². The van der Waals surface area contributed by atoms with Crippen molar-refractivity contribution in [2.75, 3.05) is 31.8 Å². The van der Waals surface area contributed by atoms with Gasteiger partial charge in [-0.15, -0.1) is 0 Å². The number of carbonyl (C=O) groups excluding carboxylic acids is 1. The molecule has 5 heteroatoms. The fourth-order valence-electron chi connectivity index (χ4n) is 1.98. The van der Waals surface area contributed by atoms with Crippen LogP contribution in [-0.2, 0) is 4.79 Å². The summed E-state index contributed by atoms with van der Waals surface area (Å²) in [7, 11) is 3.40. The van der Waals surface area contributed by atoms with Gasteiger partial charge in [0.2, 0.25) is 5.91 Å². The second-order valence-corrected chi connectivity index (χ2v) is 4.24. The number of ether oxygens (including phenoxy) is 1. The van der Waals surface area contributed by atoms with E-state index in [1.54, 1.807) is 24.1 Å². The summed E-state index contributed by atoms with van der Waals surface area (Å²) >= 11 is 0. The molecule has 2 rings (SSSR count). The van der Waals surface area contributed by atoms with Crippen molar-refractivity contribution in [3.05, 3.63) is 18.2 Å². The number of amides is 1. The number of nitrogens with one attached hydrogen (secondary N) is 1. The van der Waals surface area contributed by atoms with Crippen LogP contribution in [0.25, 0.3) is 0 Å². The van der Waals surface area contributed by atoms with Crippen LogP contribution >= 0.6 is 0 Å². The molecule has 17 heavy (non-hydrogen) atoms. The molecule has 1 saturated heterocycles. The predicted octanol–water partition coefficient (Wildman–Crippen LogP) is 0.920. The molecule has 3 N–H and O–H groups in total. The van der Waals surface area contributed by atoms with Gasteiger partial charge in [-0.2, -0.15) is 0 Å². The Balaban J connectivity index is 2.13. The minimum Gasteiger partial charge on any atom is -0.497 e. The number of hydrogen-bond donors (Lipinski definition) is 2. The van der Waals surface area contributed by atoms with Crippen LogP contribution < -0.4 is 15.8 Å². The molecule has 1 aliphatic rings. The van der Waals surface area contributed by atoms with E-state index in [4.69, 9.17) is 10.5 Å². The van der Waals surface area contributed by atoms with Crippen molar-refractivity contribution in [3.63, 3.8) is 0 Å². The first-order valence-electron chi connectivity index (χ1n) is 5.56. The van der Waals surface area contributed by atoms with Gasteiger partial charge in [0.25, 0.3) is 0 Å². The largest absolute Gasteiger partial charge is 0.497 e. The van der Waals surface area contributed by atoms with Crippen molar-refractivity contribution >= 4 is 17.3 Å². The number of benzene rings is 1. The van der Waals surface area contributed by atoms with Gasteiger partial charge in [-0.25, -0.2) is 0 Å². The lowest BCUT2D eigenvalue weighted by Gasteiger charge is -2.14. The number of hydrogen-bond acceptors (Lipinski definition) is 4. The van der Waals surface area contributed by atoms with E-state index in [0.29, 0.717) is 11.4 Å². The first kappa shape index (κ1) is 11.6. The van der Waals surface area contributed by atoms with Crippen LogP contribution in [0.3, 0.4) is 0 Å². The molecule has 92 valence electrons. The van der Waals surface area contributed by atoms with E-state index in [0.717, 1.165) is 18.7 Å². The van der Waals surface area contributed by atoms with Crippen LogP contribution in [0.5, 0.6) is 5.75 Å². The quantitative estimate of drug-likeness (QED) is 0.764. The number of carbonyl (C=O) groups is 1. The number of nitrogen functional groups attached to an aromatic ring is 1. The number of nitrogens with two attached hydrogens (primary N) is 1. The molecule has 0 radical (unpaired) electrons. The number of anilines is 2. The molecule has 1 aromatic carbocycles. The summed E-state index contributed by atoms with van der Waals surface area (Å²) in [5.41, 5.74) is 7.19. The average molecular weight is 235 g/mol. The standard InChI is InChI=1S/C12H17N3O2/c1-15-4-3-11(12(15)16)14-9-5-8(13)6-10(7-9)17-2/h5-7,11,14H,3-4,13H2,1-2H3. The van der Waals surface area contributed by atoms with E-state index in [1.807, 2.05) is 13.1 Å². The maximum Gasteiger partial charge on any atom is 0.244 e. The molecule has 0 aliphatic carbocycles. The van der Waals surface area contributed by atoms with E-state index in [-0.39, 0.29) is 11.9 Å². The van der Waals surface area contributed by atoms with Crippen molar-refractivity contribution in [2.24, 2.45) is 0 Å². The summed E-state index contributed by atoms with van der Waals surface area (Å²) in [6, 6.07) is 5.22. The summed E-state index contributed by atoms with van der Waals surface area (Å²) in [5.74, 6) is 0.803. The first-order valence-corrected chi connectivity index (χ1v) is 5.56. The minimum absolute atomic E-state index is 0.117. The van der Waals surface area contributed by atoms with Crippen molar-refractivity contribution in [1.29, 1.82) is 0 Å². The Bertz CT molecular complexity index is 434. The van der Waals surface area contributed by atoms with Gasteiger partial charge in [0.05, 0.1) is 7.11 Å². The smallest absolute Gasteiger partial charge is 0.244 e. The summed E-state index contributed by atoms with van der Waals surface area (Å²) in [6.45, 7) is 0.788. The van der Waals surface area contributed by atoms with Gasteiger partial charge in [0.15, 0.2) is 0 Å². The molecular formula is C12H17N3O2. The summed E-state index contributed by atoms with van der Waals surface area (Å²) in [5, 5.41) is 3.19. The van der Waals surface area contributed by atoms with Crippen LogP contribution in [-0.4, -0.2) is 37.6 Å². The van der Waals surface area contributed by atoms with Crippen molar-refractivity contribution < 1.29 is 9.53 Å². The van der Waals surface area contributed by atoms with Gasteiger partial charge in [-0.05, 0) is 12.5 Å². The van der Waals surface area contributed by atoms with Gasteiger partial charge in [-0.1, -0.05) is 0 Å². The van der Waals surface area contributed by atoms with Gasteiger partial charge in [0.1, 0.15) is 11.8 Å². The van der Waals surface area contributed by atoms with Crippen molar-refractivity contribution in [1.82, 2.24) is 4.90 Å². The molecule has 1 aromatic rings. The second kappa shape index (κ2) is 4.53. The monoisotopic (exact) mass is 235 g/mol. The molecule has 1 unspecified atom stereocenters. The lowest BCUT2D eigenvalue weighted by atomic mass is 10.2. The molecule has 5 nitrogen and oxygen atoms in total. The number of likely N-dealkylation sites (N-methyl/N-ethyl adjacent to an activating group) is 1. The number of methoxy groups -OCH3 is 1.